The lowest BCUT2D eigenvalue weighted by atomic mass is 10.0. The average Bonchev–Trinajstić information content (AvgIpc) is 2.21. The van der Waals surface area contributed by atoms with Crippen LogP contribution in [0.25, 0.3) is 0 Å². The lowest BCUT2D eigenvalue weighted by Gasteiger charge is -2.09. The molecule has 1 aliphatic carbocycles. The van der Waals surface area contributed by atoms with E-state index in [-0.39, 0.29) is 0 Å². The topological polar surface area (TPSA) is 3.24 Å². The van der Waals surface area contributed by atoms with Crippen LogP contribution >= 0.6 is 22.6 Å². The first-order valence-electron chi connectivity index (χ1n) is 4.08. The van der Waals surface area contributed by atoms with Gasteiger partial charge in [0.1, 0.15) is 0 Å². The molecule has 2 heteroatoms. The van der Waals surface area contributed by atoms with E-state index >= 15 is 0 Å². The van der Waals surface area contributed by atoms with Crippen LogP contribution < -0.4 is 0 Å². The monoisotopic (exact) mass is 251 g/mol. The molecule has 0 aromatic rings. The van der Waals surface area contributed by atoms with Crippen molar-refractivity contribution in [3.8, 4) is 0 Å². The van der Waals surface area contributed by atoms with Gasteiger partial charge in [-0.2, -0.15) is 0 Å². The summed E-state index contributed by atoms with van der Waals surface area (Å²) in [4.78, 5) is 2.48. The number of alkyl halides is 1. The first kappa shape index (κ1) is 7.35. The molecule has 10 heavy (non-hydrogen) atoms. The van der Waals surface area contributed by atoms with E-state index in [1.54, 1.807) is 0 Å². The predicted octanol–water partition coefficient (Wildman–Crippen LogP) is 1.76. The molecule has 1 heterocycles. The van der Waals surface area contributed by atoms with Crippen LogP contribution in [0.2, 0.25) is 0 Å². The lowest BCUT2D eigenvalue weighted by molar-refractivity contribution is 0.381. The van der Waals surface area contributed by atoms with Gasteiger partial charge in [-0.05, 0) is 31.7 Å². The number of likely N-dealkylation sites (tertiary alicyclic amines) is 1. The molecule has 1 nitrogen and oxygen atoms in total. The van der Waals surface area contributed by atoms with E-state index in [2.05, 4.69) is 34.5 Å². The summed E-state index contributed by atoms with van der Waals surface area (Å²) in [7, 11) is 2.25. The SMILES string of the molecule is CN1CC2CC(I)CC2C1. The molecule has 2 atom stereocenters. The third-order valence-electron chi connectivity index (χ3n) is 2.88. The minimum Gasteiger partial charge on any atom is -0.306 e. The molecule has 1 aliphatic heterocycles. The number of fused-ring (bicyclic) bond motifs is 1. The molecule has 0 amide bonds. The zero-order chi connectivity index (χ0) is 7.14. The van der Waals surface area contributed by atoms with Crippen molar-refractivity contribution in [2.45, 2.75) is 16.8 Å². The van der Waals surface area contributed by atoms with Crippen molar-refractivity contribution < 1.29 is 0 Å². The van der Waals surface area contributed by atoms with Crippen molar-refractivity contribution in [1.29, 1.82) is 0 Å². The minimum absolute atomic E-state index is 0.987. The van der Waals surface area contributed by atoms with Crippen LogP contribution in [0.15, 0.2) is 0 Å². The first-order valence-corrected chi connectivity index (χ1v) is 5.33. The Balaban J connectivity index is 2.00. The van der Waals surface area contributed by atoms with Crippen molar-refractivity contribution in [1.82, 2.24) is 4.90 Å². The van der Waals surface area contributed by atoms with Crippen molar-refractivity contribution in [3.05, 3.63) is 0 Å². The summed E-state index contributed by atoms with van der Waals surface area (Å²) >= 11 is 2.61. The molecular weight excluding hydrogens is 237 g/mol. The standard InChI is InChI=1S/C8H14IN/c1-10-4-6-2-8(9)3-7(6)5-10/h6-8H,2-5H2,1H3. The molecule has 2 rings (SSSR count). The summed E-state index contributed by atoms with van der Waals surface area (Å²) in [5.74, 6) is 2.10. The molecule has 1 saturated heterocycles. The second-order valence-electron chi connectivity index (χ2n) is 3.81. The fourth-order valence-electron chi connectivity index (χ4n) is 2.46. The zero-order valence-corrected chi connectivity index (χ0v) is 8.54. The van der Waals surface area contributed by atoms with E-state index in [9.17, 15) is 0 Å². The third-order valence-corrected chi connectivity index (χ3v) is 3.89. The summed E-state index contributed by atoms with van der Waals surface area (Å²) in [5, 5.41) is 0. The average molecular weight is 251 g/mol. The molecule has 0 radical (unpaired) electrons. The van der Waals surface area contributed by atoms with Gasteiger partial charge in [0.15, 0.2) is 0 Å². The van der Waals surface area contributed by atoms with Gasteiger partial charge in [-0.25, -0.2) is 0 Å². The first-order chi connectivity index (χ1) is 4.75. The Bertz CT molecular complexity index is 109. The molecule has 0 aromatic carbocycles. The van der Waals surface area contributed by atoms with Gasteiger partial charge in [0.2, 0.25) is 0 Å². The minimum atomic E-state index is 0.987. The van der Waals surface area contributed by atoms with Crippen molar-refractivity contribution in [2.75, 3.05) is 20.1 Å². The predicted molar refractivity (Wildman–Crippen MR) is 51.5 cm³/mol. The maximum absolute atomic E-state index is 2.61. The van der Waals surface area contributed by atoms with E-state index in [0.29, 0.717) is 0 Å². The van der Waals surface area contributed by atoms with Crippen LogP contribution in [-0.2, 0) is 0 Å². The van der Waals surface area contributed by atoms with Crippen molar-refractivity contribution >= 4 is 22.6 Å². The number of hydrogen-bond acceptors (Lipinski definition) is 1. The number of halogens is 1. The molecule has 58 valence electrons. The Morgan fingerprint density at radius 1 is 1.20 bits per heavy atom. The number of hydrogen-bond donors (Lipinski definition) is 0. The van der Waals surface area contributed by atoms with Crippen molar-refractivity contribution in [3.63, 3.8) is 0 Å². The number of rotatable bonds is 0. The quantitative estimate of drug-likeness (QED) is 0.468. The van der Waals surface area contributed by atoms with Gasteiger partial charge in [-0.15, -0.1) is 0 Å². The third kappa shape index (κ3) is 1.20. The zero-order valence-electron chi connectivity index (χ0n) is 6.39. The van der Waals surface area contributed by atoms with Gasteiger partial charge in [0.05, 0.1) is 0 Å². The van der Waals surface area contributed by atoms with E-state index in [1.807, 2.05) is 0 Å². The highest BCUT2D eigenvalue weighted by molar-refractivity contribution is 14.1. The molecule has 0 bridgehead atoms. The fraction of sp³-hybridized carbons (Fsp3) is 1.00. The Morgan fingerprint density at radius 2 is 1.70 bits per heavy atom. The summed E-state index contributed by atoms with van der Waals surface area (Å²) < 4.78 is 0.987. The van der Waals surface area contributed by atoms with E-state index in [1.165, 1.54) is 25.9 Å². The summed E-state index contributed by atoms with van der Waals surface area (Å²) in [6.07, 6.45) is 2.96. The van der Waals surface area contributed by atoms with E-state index in [0.717, 1.165) is 15.8 Å². The second-order valence-corrected chi connectivity index (χ2v) is 5.57. The highest BCUT2D eigenvalue weighted by atomic mass is 127. The molecular formula is C8H14IN. The summed E-state index contributed by atoms with van der Waals surface area (Å²) in [6, 6.07) is 0. The molecule has 0 N–H and O–H groups in total. The number of nitrogens with zero attached hydrogens (tertiary/aromatic N) is 1. The largest absolute Gasteiger partial charge is 0.306 e. The van der Waals surface area contributed by atoms with Crippen molar-refractivity contribution in [2.24, 2.45) is 11.8 Å². The highest BCUT2D eigenvalue weighted by Crippen LogP contribution is 2.40. The fourth-order valence-corrected chi connectivity index (χ4v) is 3.77. The molecule has 0 aromatic heterocycles. The van der Waals surface area contributed by atoms with Crippen LogP contribution in [0, 0.1) is 11.8 Å². The van der Waals surface area contributed by atoms with Gasteiger partial charge >= 0.3 is 0 Å². The molecule has 0 spiro atoms. The van der Waals surface area contributed by atoms with Gasteiger partial charge in [0, 0.05) is 17.0 Å². The second kappa shape index (κ2) is 2.63. The van der Waals surface area contributed by atoms with E-state index < -0.39 is 0 Å². The Labute approximate surface area is 76.3 Å². The molecule has 2 fully saturated rings. The Hall–Kier alpha value is 0.690. The highest BCUT2D eigenvalue weighted by Gasteiger charge is 2.38. The lowest BCUT2D eigenvalue weighted by Crippen LogP contribution is -2.16. The van der Waals surface area contributed by atoms with Crippen LogP contribution in [0.3, 0.4) is 0 Å². The molecule has 2 aliphatic rings. The maximum Gasteiger partial charge on any atom is 0.0116 e. The van der Waals surface area contributed by atoms with Crippen LogP contribution in [-0.4, -0.2) is 29.0 Å². The van der Waals surface area contributed by atoms with Crippen LogP contribution in [0.4, 0.5) is 0 Å². The molecule has 2 unspecified atom stereocenters. The van der Waals surface area contributed by atoms with Gasteiger partial charge in [0.25, 0.3) is 0 Å². The van der Waals surface area contributed by atoms with Crippen LogP contribution in [0.5, 0.6) is 0 Å². The summed E-state index contributed by atoms with van der Waals surface area (Å²) in [5.41, 5.74) is 0. The Kier molecular flexibility index (Phi) is 1.93. The van der Waals surface area contributed by atoms with Gasteiger partial charge in [-0.1, -0.05) is 22.6 Å². The van der Waals surface area contributed by atoms with Gasteiger partial charge < -0.3 is 4.90 Å². The normalized spacial score (nSPS) is 48.0. The van der Waals surface area contributed by atoms with Crippen LogP contribution in [0.1, 0.15) is 12.8 Å². The molecule has 1 saturated carbocycles. The summed E-state index contributed by atoms with van der Waals surface area (Å²) in [6.45, 7) is 2.73. The maximum atomic E-state index is 2.61. The smallest absolute Gasteiger partial charge is 0.0116 e. The van der Waals surface area contributed by atoms with E-state index in [4.69, 9.17) is 0 Å². The Morgan fingerprint density at radius 3 is 2.20 bits per heavy atom. The van der Waals surface area contributed by atoms with Gasteiger partial charge in [-0.3, -0.25) is 0 Å².